The van der Waals surface area contributed by atoms with Gasteiger partial charge in [-0.2, -0.15) is 0 Å². The van der Waals surface area contributed by atoms with Crippen LogP contribution < -0.4 is 5.73 Å². The molecule has 1 fully saturated rings. The zero-order chi connectivity index (χ0) is 9.97. The van der Waals surface area contributed by atoms with Crippen molar-refractivity contribution in [3.8, 4) is 0 Å². The first kappa shape index (κ1) is 10.4. The average Bonchev–Trinajstić information content (AvgIpc) is 2.51. The molecule has 1 aliphatic rings. The van der Waals surface area contributed by atoms with Crippen LogP contribution in [0.4, 0.5) is 0 Å². The number of rotatable bonds is 2. The van der Waals surface area contributed by atoms with E-state index in [2.05, 4.69) is 9.88 Å². The Hall–Kier alpha value is -0.160. The second kappa shape index (κ2) is 4.57. The van der Waals surface area contributed by atoms with Gasteiger partial charge >= 0.3 is 0 Å². The Labute approximate surface area is 92.9 Å². The lowest BCUT2D eigenvalue weighted by Crippen LogP contribution is -2.42. The van der Waals surface area contributed by atoms with E-state index in [1.807, 2.05) is 5.38 Å². The molecule has 0 radical (unpaired) electrons. The maximum atomic E-state index is 5.90. The van der Waals surface area contributed by atoms with Crippen LogP contribution in [0.15, 0.2) is 5.38 Å². The minimum absolute atomic E-state index is 0.331. The van der Waals surface area contributed by atoms with Crippen molar-refractivity contribution in [2.45, 2.75) is 25.4 Å². The molecule has 78 valence electrons. The summed E-state index contributed by atoms with van der Waals surface area (Å²) in [5, 5.41) is 2.02. The fraction of sp³-hybridized carbons (Fsp3) is 0.667. The van der Waals surface area contributed by atoms with E-state index in [1.165, 1.54) is 17.8 Å². The molecule has 14 heavy (non-hydrogen) atoms. The van der Waals surface area contributed by atoms with Crippen LogP contribution in [-0.4, -0.2) is 29.0 Å². The van der Waals surface area contributed by atoms with Crippen molar-refractivity contribution in [3.05, 3.63) is 15.5 Å². The molecule has 1 aromatic rings. The van der Waals surface area contributed by atoms with Gasteiger partial charge in [0.1, 0.15) is 0 Å². The molecule has 2 N–H and O–H groups in total. The van der Waals surface area contributed by atoms with E-state index in [-0.39, 0.29) is 0 Å². The Kier molecular flexibility index (Phi) is 3.38. The Morgan fingerprint density at radius 3 is 3.21 bits per heavy atom. The first-order chi connectivity index (χ1) is 6.74. The number of hydrogen-bond donors (Lipinski definition) is 1. The number of likely N-dealkylation sites (tertiary alicyclic amines) is 1. The van der Waals surface area contributed by atoms with Gasteiger partial charge < -0.3 is 5.73 Å². The highest BCUT2D eigenvalue weighted by Crippen LogP contribution is 2.18. The van der Waals surface area contributed by atoms with Gasteiger partial charge in [0.25, 0.3) is 0 Å². The van der Waals surface area contributed by atoms with Crippen LogP contribution in [0.25, 0.3) is 0 Å². The van der Waals surface area contributed by atoms with E-state index in [0.29, 0.717) is 10.5 Å². The molecule has 1 aromatic heterocycles. The molecule has 3 nitrogen and oxygen atoms in total. The SMILES string of the molecule is N[C@@H]1CCCN(Cc2csc(Cl)n2)C1. The molecule has 0 bridgehead atoms. The fourth-order valence-corrected chi connectivity index (χ4v) is 2.59. The molecule has 5 heteroatoms. The second-order valence-corrected chi connectivity index (χ2v) is 5.17. The van der Waals surface area contributed by atoms with E-state index in [9.17, 15) is 0 Å². The lowest BCUT2D eigenvalue weighted by Gasteiger charge is -2.29. The first-order valence-electron chi connectivity index (χ1n) is 4.82. The summed E-state index contributed by atoms with van der Waals surface area (Å²) in [5.74, 6) is 0. The van der Waals surface area contributed by atoms with Crippen molar-refractivity contribution in [1.82, 2.24) is 9.88 Å². The van der Waals surface area contributed by atoms with Gasteiger partial charge in [-0.05, 0) is 19.4 Å². The average molecular weight is 232 g/mol. The number of piperidine rings is 1. The van der Waals surface area contributed by atoms with E-state index < -0.39 is 0 Å². The van der Waals surface area contributed by atoms with Gasteiger partial charge in [0.05, 0.1) is 5.69 Å². The van der Waals surface area contributed by atoms with E-state index in [4.69, 9.17) is 17.3 Å². The Balaban J connectivity index is 1.90. The highest BCUT2D eigenvalue weighted by atomic mass is 35.5. The van der Waals surface area contributed by atoms with E-state index in [0.717, 1.165) is 31.7 Å². The maximum Gasteiger partial charge on any atom is 0.183 e. The summed E-state index contributed by atoms with van der Waals surface area (Å²) in [4.78, 5) is 6.58. The minimum atomic E-state index is 0.331. The molecule has 0 saturated carbocycles. The number of nitrogens with two attached hydrogens (primary N) is 1. The first-order valence-corrected chi connectivity index (χ1v) is 6.07. The molecule has 1 saturated heterocycles. The molecule has 2 heterocycles. The smallest absolute Gasteiger partial charge is 0.183 e. The summed E-state index contributed by atoms with van der Waals surface area (Å²) in [6.45, 7) is 2.99. The van der Waals surface area contributed by atoms with E-state index in [1.54, 1.807) is 0 Å². The topological polar surface area (TPSA) is 42.1 Å². The molecule has 0 aliphatic carbocycles. The van der Waals surface area contributed by atoms with Crippen LogP contribution in [0.3, 0.4) is 0 Å². The summed E-state index contributed by atoms with van der Waals surface area (Å²) >= 11 is 7.26. The normalized spacial score (nSPS) is 24.0. The van der Waals surface area contributed by atoms with Crippen molar-refractivity contribution in [3.63, 3.8) is 0 Å². The molecule has 1 aliphatic heterocycles. The van der Waals surface area contributed by atoms with Crippen LogP contribution in [0.2, 0.25) is 4.47 Å². The van der Waals surface area contributed by atoms with Gasteiger partial charge in [-0.25, -0.2) is 4.98 Å². The van der Waals surface area contributed by atoms with Gasteiger partial charge in [0, 0.05) is 24.5 Å². The molecule has 0 spiro atoms. The second-order valence-electron chi connectivity index (χ2n) is 3.73. The molecule has 0 aromatic carbocycles. The highest BCUT2D eigenvalue weighted by molar-refractivity contribution is 7.13. The van der Waals surface area contributed by atoms with Gasteiger partial charge in [0.15, 0.2) is 4.47 Å². The van der Waals surface area contributed by atoms with Crippen LogP contribution >= 0.6 is 22.9 Å². The predicted molar refractivity (Wildman–Crippen MR) is 59.6 cm³/mol. The maximum absolute atomic E-state index is 5.90. The zero-order valence-corrected chi connectivity index (χ0v) is 9.52. The largest absolute Gasteiger partial charge is 0.327 e. The van der Waals surface area contributed by atoms with Gasteiger partial charge in [-0.15, -0.1) is 11.3 Å². The minimum Gasteiger partial charge on any atom is -0.327 e. The van der Waals surface area contributed by atoms with Gasteiger partial charge in [0.2, 0.25) is 0 Å². The molecule has 0 unspecified atom stereocenters. The molecular formula is C9H14ClN3S. The van der Waals surface area contributed by atoms with Crippen LogP contribution in [0.1, 0.15) is 18.5 Å². The van der Waals surface area contributed by atoms with Crippen molar-refractivity contribution in [2.75, 3.05) is 13.1 Å². The molecule has 0 amide bonds. The summed E-state index contributed by atoms with van der Waals surface area (Å²) in [6, 6.07) is 0.331. The standard InChI is InChI=1S/C9H14ClN3S/c10-9-12-8(6-14-9)5-13-3-1-2-7(11)4-13/h6-7H,1-5,11H2/t7-/m1/s1. The number of halogens is 1. The summed E-state index contributed by atoms with van der Waals surface area (Å²) in [6.07, 6.45) is 2.34. The number of hydrogen-bond acceptors (Lipinski definition) is 4. The van der Waals surface area contributed by atoms with Crippen molar-refractivity contribution in [2.24, 2.45) is 5.73 Å². The zero-order valence-electron chi connectivity index (χ0n) is 7.95. The van der Waals surface area contributed by atoms with Gasteiger partial charge in [-0.3, -0.25) is 4.90 Å². The van der Waals surface area contributed by atoms with Crippen molar-refractivity contribution in [1.29, 1.82) is 0 Å². The summed E-state index contributed by atoms with van der Waals surface area (Å²) < 4.78 is 0.626. The van der Waals surface area contributed by atoms with Gasteiger partial charge in [-0.1, -0.05) is 11.6 Å². The van der Waals surface area contributed by atoms with Crippen LogP contribution in [0.5, 0.6) is 0 Å². The molecular weight excluding hydrogens is 218 g/mol. The monoisotopic (exact) mass is 231 g/mol. The quantitative estimate of drug-likeness (QED) is 0.843. The predicted octanol–water partition coefficient (Wildman–Crippen LogP) is 1.72. The van der Waals surface area contributed by atoms with Crippen molar-refractivity contribution < 1.29 is 0 Å². The van der Waals surface area contributed by atoms with Crippen LogP contribution in [0, 0.1) is 0 Å². The number of nitrogens with zero attached hydrogens (tertiary/aromatic N) is 2. The third kappa shape index (κ3) is 2.67. The lowest BCUT2D eigenvalue weighted by molar-refractivity contribution is 0.200. The summed E-state index contributed by atoms with van der Waals surface area (Å²) in [7, 11) is 0. The Morgan fingerprint density at radius 1 is 1.71 bits per heavy atom. The third-order valence-electron chi connectivity index (χ3n) is 2.45. The van der Waals surface area contributed by atoms with E-state index >= 15 is 0 Å². The fourth-order valence-electron chi connectivity index (χ4n) is 1.82. The number of aromatic nitrogens is 1. The molecule has 1 atom stereocenters. The van der Waals surface area contributed by atoms with Crippen LogP contribution in [-0.2, 0) is 6.54 Å². The lowest BCUT2D eigenvalue weighted by atomic mass is 10.1. The summed E-state index contributed by atoms with van der Waals surface area (Å²) in [5.41, 5.74) is 6.96. The third-order valence-corrected chi connectivity index (χ3v) is 3.48. The number of thiazole rings is 1. The highest BCUT2D eigenvalue weighted by Gasteiger charge is 2.17. The molecule has 2 rings (SSSR count). The Morgan fingerprint density at radius 2 is 2.57 bits per heavy atom. The Bertz CT molecular complexity index is 302. The van der Waals surface area contributed by atoms with Crippen molar-refractivity contribution >= 4 is 22.9 Å².